The summed E-state index contributed by atoms with van der Waals surface area (Å²) in [6, 6.07) is 17.8. The van der Waals surface area contributed by atoms with Gasteiger partial charge in [0, 0.05) is 17.9 Å². The zero-order valence-corrected chi connectivity index (χ0v) is 53.6. The molecule has 0 N–H and O–H groups in total. The van der Waals surface area contributed by atoms with Crippen LogP contribution in [0.5, 0.6) is 23.0 Å². The molecule has 0 spiro atoms. The van der Waals surface area contributed by atoms with Gasteiger partial charge in [-0.3, -0.25) is 0 Å². The van der Waals surface area contributed by atoms with E-state index in [-0.39, 0.29) is 0 Å². The molecular weight excluding hydrogens is 1230 g/mol. The summed E-state index contributed by atoms with van der Waals surface area (Å²) in [5, 5.41) is 0. The predicted molar refractivity (Wildman–Crippen MR) is 327 cm³/mol. The average molecular weight is 1320 g/mol. The zero-order valence-electron chi connectivity index (χ0n) is 44.0. The number of unbranched alkanes of at least 4 members (excludes halogenated alkanes) is 24. The van der Waals surface area contributed by atoms with Crippen LogP contribution in [0, 0.1) is 0 Å². The average Bonchev–Trinajstić information content (AvgIpc) is 3.34. The second-order valence-corrected chi connectivity index (χ2v) is 27.2. The second-order valence-electron chi connectivity index (χ2n) is 19.2. The van der Waals surface area contributed by atoms with Crippen LogP contribution in [0.1, 0.15) is 207 Å². The molecule has 1 heterocycles. The Balaban J connectivity index is 1.61. The third kappa shape index (κ3) is 22.8. The van der Waals surface area contributed by atoms with E-state index in [0.717, 1.165) is 131 Å². The van der Waals surface area contributed by atoms with Gasteiger partial charge in [-0.05, 0) is 74.2 Å². The highest BCUT2D eigenvalue weighted by Crippen LogP contribution is 2.56. The number of benzene rings is 4. The second kappa shape index (κ2) is 37.3. The van der Waals surface area contributed by atoms with Gasteiger partial charge in [-0.15, -0.1) is 0 Å². The minimum absolute atomic E-state index is 0.657. The van der Waals surface area contributed by atoms with E-state index in [1.165, 1.54) is 128 Å². The summed E-state index contributed by atoms with van der Waals surface area (Å²) in [5.74, 6) is 3.61. The Bertz CT molecular complexity index is 1780. The van der Waals surface area contributed by atoms with Crippen LogP contribution >= 0.6 is 111 Å². The predicted octanol–water partition coefficient (Wildman–Crippen LogP) is 24.2. The first-order valence-electron chi connectivity index (χ1n) is 27.8. The van der Waals surface area contributed by atoms with Crippen molar-refractivity contribution in [2.75, 3.05) is 26.4 Å². The lowest BCUT2D eigenvalue weighted by atomic mass is 10.1. The molecule has 12 heteroatoms. The summed E-state index contributed by atoms with van der Waals surface area (Å²) in [6.07, 6.45) is 34.4. The van der Waals surface area contributed by atoms with Gasteiger partial charge >= 0.3 is 0 Å². The Morgan fingerprint density at radius 3 is 0.569 bits per heavy atom. The minimum atomic E-state index is 0.657. The highest BCUT2D eigenvalue weighted by Gasteiger charge is 2.26. The summed E-state index contributed by atoms with van der Waals surface area (Å²) in [4.78, 5) is 8.41. The maximum Gasteiger partial charge on any atom is 0.147 e. The molecule has 72 heavy (non-hydrogen) atoms. The molecule has 0 saturated carbocycles. The zero-order chi connectivity index (χ0) is 51.2. The molecular formula is C60H84Br4O4S4. The number of fused-ring (bicyclic) bond motifs is 8. The smallest absolute Gasteiger partial charge is 0.147 e. The van der Waals surface area contributed by atoms with Gasteiger partial charge in [-0.25, -0.2) is 0 Å². The maximum absolute atomic E-state index is 7.03. The molecule has 0 fully saturated rings. The third-order valence-corrected chi connectivity index (χ3v) is 18.8. The van der Waals surface area contributed by atoms with Gasteiger partial charge in [0.25, 0.3) is 0 Å². The van der Waals surface area contributed by atoms with Crippen molar-refractivity contribution in [2.45, 2.75) is 247 Å². The van der Waals surface area contributed by atoms with Crippen LogP contribution in [0.3, 0.4) is 0 Å². The number of rotatable bonds is 36. The van der Waals surface area contributed by atoms with E-state index < -0.39 is 0 Å². The van der Waals surface area contributed by atoms with Crippen LogP contribution in [-0.2, 0) is 0 Å². The van der Waals surface area contributed by atoms with Crippen molar-refractivity contribution >= 4 is 111 Å². The number of ether oxygens (including phenoxy) is 4. The molecule has 0 atom stereocenters. The Morgan fingerprint density at radius 2 is 0.403 bits per heavy atom. The van der Waals surface area contributed by atoms with Crippen LogP contribution in [-0.4, -0.2) is 26.4 Å². The van der Waals surface area contributed by atoms with E-state index >= 15 is 0 Å². The minimum Gasteiger partial charge on any atom is -0.491 e. The summed E-state index contributed by atoms with van der Waals surface area (Å²) < 4.78 is 32.1. The molecule has 1 aliphatic rings. The summed E-state index contributed by atoms with van der Waals surface area (Å²) in [7, 11) is 0. The van der Waals surface area contributed by atoms with Crippen LogP contribution in [0.2, 0.25) is 0 Å². The van der Waals surface area contributed by atoms with E-state index in [4.69, 9.17) is 18.9 Å². The van der Waals surface area contributed by atoms with E-state index in [2.05, 4.69) is 140 Å². The first-order chi connectivity index (χ1) is 35.2. The SMILES string of the molecule is CCCCCCCCCOc1c2cc(Br)cc1Sc1cc(Br)cc(c1OCCCCCCCCC)Sc1cc(Br)cc(c1OCCCCCCCCC)Sc1cc(Br)cc(c1OCCCCCCCCC)S2. The summed E-state index contributed by atoms with van der Waals surface area (Å²) in [6.45, 7) is 11.8. The fourth-order valence-electron chi connectivity index (χ4n) is 8.76. The van der Waals surface area contributed by atoms with Crippen molar-refractivity contribution < 1.29 is 18.9 Å². The van der Waals surface area contributed by atoms with Crippen LogP contribution < -0.4 is 18.9 Å². The molecule has 4 aromatic carbocycles. The van der Waals surface area contributed by atoms with Crippen molar-refractivity contribution in [1.29, 1.82) is 0 Å². The molecule has 0 aliphatic carbocycles. The normalized spacial score (nSPS) is 12.3. The highest BCUT2D eigenvalue weighted by molar-refractivity contribution is 9.11. The third-order valence-electron chi connectivity index (χ3n) is 12.8. The monoisotopic (exact) mass is 1310 g/mol. The Labute approximate surface area is 487 Å². The van der Waals surface area contributed by atoms with Gasteiger partial charge < -0.3 is 18.9 Å². The quantitative estimate of drug-likeness (QED) is 0.0367. The fraction of sp³-hybridized carbons (Fsp3) is 0.600. The van der Waals surface area contributed by atoms with Crippen molar-refractivity contribution in [1.82, 2.24) is 0 Å². The van der Waals surface area contributed by atoms with Crippen LogP contribution in [0.25, 0.3) is 0 Å². The first-order valence-corrected chi connectivity index (χ1v) is 34.2. The van der Waals surface area contributed by atoms with E-state index in [1.54, 1.807) is 47.0 Å². The lowest BCUT2D eigenvalue weighted by Crippen LogP contribution is -2.04. The molecule has 0 radical (unpaired) electrons. The molecule has 0 unspecified atom stereocenters. The molecule has 400 valence electrons. The first kappa shape index (κ1) is 62.2. The number of hydrogen-bond donors (Lipinski definition) is 0. The molecule has 1 aliphatic heterocycles. The fourth-order valence-corrected chi connectivity index (χ4v) is 16.6. The molecule has 4 nitrogen and oxygen atoms in total. The Morgan fingerprint density at radius 1 is 0.250 bits per heavy atom. The highest BCUT2D eigenvalue weighted by atomic mass is 79.9. The molecule has 0 amide bonds. The van der Waals surface area contributed by atoms with Gasteiger partial charge in [0.05, 0.1) is 65.6 Å². The van der Waals surface area contributed by atoms with Gasteiger partial charge in [0.1, 0.15) is 23.0 Å². The number of hydrogen-bond acceptors (Lipinski definition) is 8. The maximum atomic E-state index is 7.03. The van der Waals surface area contributed by atoms with E-state index in [9.17, 15) is 0 Å². The Hall–Kier alpha value is -0.600. The summed E-state index contributed by atoms with van der Waals surface area (Å²) in [5.41, 5.74) is 0. The summed E-state index contributed by atoms with van der Waals surface area (Å²) >= 11 is 22.9. The van der Waals surface area contributed by atoms with E-state index in [0.29, 0.717) is 26.4 Å². The van der Waals surface area contributed by atoms with Crippen molar-refractivity contribution in [3.63, 3.8) is 0 Å². The number of halogens is 4. The van der Waals surface area contributed by atoms with Crippen molar-refractivity contribution in [3.05, 3.63) is 66.4 Å². The Kier molecular flexibility index (Phi) is 32.2. The van der Waals surface area contributed by atoms with Crippen molar-refractivity contribution in [3.8, 4) is 23.0 Å². The topological polar surface area (TPSA) is 36.9 Å². The van der Waals surface area contributed by atoms with Gasteiger partial charge in [0.2, 0.25) is 0 Å². The van der Waals surface area contributed by atoms with Gasteiger partial charge in [0.15, 0.2) is 0 Å². The van der Waals surface area contributed by atoms with Gasteiger partial charge in [-0.1, -0.05) is 293 Å². The molecule has 8 bridgehead atoms. The molecule has 0 saturated heterocycles. The van der Waals surface area contributed by atoms with Crippen molar-refractivity contribution in [2.24, 2.45) is 0 Å². The lowest BCUT2D eigenvalue weighted by molar-refractivity contribution is 0.288. The van der Waals surface area contributed by atoms with Gasteiger partial charge in [-0.2, -0.15) is 0 Å². The molecule has 0 aromatic heterocycles. The lowest BCUT2D eigenvalue weighted by Gasteiger charge is -2.23. The molecule has 4 aromatic rings. The molecule has 5 rings (SSSR count). The standard InChI is InChI=1S/C60H84Br4O4S4/c1-5-9-13-17-21-25-29-33-65-57-49-37-45(61)38-50(57)70-52-40-47(63)42-54(59(52)67-35-31-27-23-19-15-11-7-3)72-56-44-48(64)43-55(60(56)68-36-32-28-24-20-16-12-8-4)71-53-41-46(62)39-51(69-49)58(53)66-34-30-26-22-18-14-10-6-2/h37-44H,5-36H2,1-4H3. The largest absolute Gasteiger partial charge is 0.491 e. The van der Waals surface area contributed by atoms with Crippen LogP contribution in [0.15, 0.2) is 106 Å². The van der Waals surface area contributed by atoms with Crippen LogP contribution in [0.4, 0.5) is 0 Å². The van der Waals surface area contributed by atoms with E-state index in [1.807, 2.05) is 0 Å².